The third-order valence-corrected chi connectivity index (χ3v) is 5.04. The van der Waals surface area contributed by atoms with Crippen LogP contribution in [0.1, 0.15) is 29.5 Å². The highest BCUT2D eigenvalue weighted by Gasteiger charge is 2.19. The first-order valence-electron chi connectivity index (χ1n) is 10.0. The summed E-state index contributed by atoms with van der Waals surface area (Å²) < 4.78 is 16.9. The van der Waals surface area contributed by atoms with E-state index in [-0.39, 0.29) is 11.8 Å². The Morgan fingerprint density at radius 2 is 1.84 bits per heavy atom. The molecule has 0 fully saturated rings. The van der Waals surface area contributed by atoms with E-state index in [1.54, 1.807) is 36.4 Å². The van der Waals surface area contributed by atoms with E-state index in [1.165, 1.54) is 0 Å². The minimum Gasteiger partial charge on any atom is -0.489 e. The van der Waals surface area contributed by atoms with Gasteiger partial charge < -0.3 is 19.5 Å². The molecule has 156 valence electrons. The van der Waals surface area contributed by atoms with Crippen LogP contribution in [-0.4, -0.2) is 19.1 Å². The molecule has 6 nitrogen and oxygen atoms in total. The Kier molecular flexibility index (Phi) is 6.04. The topological polar surface area (TPSA) is 80.6 Å². The summed E-state index contributed by atoms with van der Waals surface area (Å²) in [4.78, 5) is 12.7. The van der Waals surface area contributed by atoms with Crippen LogP contribution in [0, 0.1) is 11.3 Å². The fourth-order valence-electron chi connectivity index (χ4n) is 3.26. The maximum atomic E-state index is 12.7. The molecule has 6 heteroatoms. The maximum absolute atomic E-state index is 12.7. The monoisotopic (exact) mass is 414 g/mol. The zero-order valence-electron chi connectivity index (χ0n) is 17.1. The molecule has 0 saturated heterocycles. The molecule has 3 aromatic carbocycles. The van der Waals surface area contributed by atoms with Crippen molar-refractivity contribution in [1.29, 1.82) is 5.26 Å². The first-order chi connectivity index (χ1) is 15.1. The Balaban J connectivity index is 1.35. The summed E-state index contributed by atoms with van der Waals surface area (Å²) in [6, 6.07) is 22.2. The molecule has 1 amide bonds. The first-order valence-corrected chi connectivity index (χ1v) is 10.0. The van der Waals surface area contributed by atoms with Crippen molar-refractivity contribution in [1.82, 2.24) is 0 Å². The third kappa shape index (κ3) is 4.96. The Hall–Kier alpha value is -3.98. The second kappa shape index (κ2) is 9.23. The van der Waals surface area contributed by atoms with Crippen LogP contribution < -0.4 is 19.5 Å². The molecule has 0 aliphatic carbocycles. The zero-order valence-corrected chi connectivity index (χ0v) is 17.1. The molecule has 0 radical (unpaired) electrons. The normalized spacial score (nSPS) is 13.0. The number of anilines is 1. The summed E-state index contributed by atoms with van der Waals surface area (Å²) >= 11 is 0. The van der Waals surface area contributed by atoms with E-state index in [1.807, 2.05) is 37.3 Å². The zero-order chi connectivity index (χ0) is 21.6. The SMILES string of the molecule is CC(C(=O)Nc1ccc(OCc2cccc(C#N)c2)cc1)c1ccc2c(c1)OCCO2. The van der Waals surface area contributed by atoms with Crippen molar-refractivity contribution >= 4 is 11.6 Å². The number of carbonyl (C=O) groups excluding carboxylic acids is 1. The summed E-state index contributed by atoms with van der Waals surface area (Å²) in [7, 11) is 0. The van der Waals surface area contributed by atoms with Gasteiger partial charge in [-0.15, -0.1) is 0 Å². The molecule has 1 heterocycles. The summed E-state index contributed by atoms with van der Waals surface area (Å²) in [6.45, 7) is 3.26. The average Bonchev–Trinajstić information content (AvgIpc) is 2.83. The highest BCUT2D eigenvalue weighted by Crippen LogP contribution is 2.33. The standard InChI is InChI=1S/C25H22N2O4/c1-17(20-5-10-23-24(14-20)30-12-11-29-23)25(28)27-21-6-8-22(9-7-21)31-16-19-4-2-3-18(13-19)15-26/h2-10,13-14,17H,11-12,16H2,1H3,(H,27,28). The van der Waals surface area contributed by atoms with Gasteiger partial charge in [-0.3, -0.25) is 4.79 Å². The number of hydrogen-bond acceptors (Lipinski definition) is 5. The van der Waals surface area contributed by atoms with Crippen molar-refractivity contribution in [2.45, 2.75) is 19.4 Å². The van der Waals surface area contributed by atoms with Gasteiger partial charge in [-0.25, -0.2) is 0 Å². The van der Waals surface area contributed by atoms with Gasteiger partial charge in [-0.05, 0) is 66.6 Å². The molecule has 1 unspecified atom stereocenters. The van der Waals surface area contributed by atoms with Gasteiger partial charge in [0.1, 0.15) is 25.6 Å². The molecule has 0 spiro atoms. The van der Waals surface area contributed by atoms with Crippen LogP contribution in [0.2, 0.25) is 0 Å². The van der Waals surface area contributed by atoms with Crippen LogP contribution in [0.3, 0.4) is 0 Å². The molecule has 0 saturated carbocycles. The van der Waals surface area contributed by atoms with E-state index < -0.39 is 0 Å². The van der Waals surface area contributed by atoms with Crippen LogP contribution in [0.4, 0.5) is 5.69 Å². The minimum atomic E-state index is -0.348. The molecular weight excluding hydrogens is 392 g/mol. The second-order valence-corrected chi connectivity index (χ2v) is 7.24. The van der Waals surface area contributed by atoms with Gasteiger partial charge in [-0.1, -0.05) is 18.2 Å². The molecule has 3 aromatic rings. The lowest BCUT2D eigenvalue weighted by atomic mass is 9.99. The number of amides is 1. The number of benzene rings is 3. The van der Waals surface area contributed by atoms with Crippen molar-refractivity contribution in [3.05, 3.63) is 83.4 Å². The third-order valence-electron chi connectivity index (χ3n) is 5.04. The van der Waals surface area contributed by atoms with E-state index >= 15 is 0 Å². The van der Waals surface area contributed by atoms with E-state index in [9.17, 15) is 4.79 Å². The fourth-order valence-corrected chi connectivity index (χ4v) is 3.26. The minimum absolute atomic E-state index is 0.112. The van der Waals surface area contributed by atoms with Gasteiger partial charge in [-0.2, -0.15) is 5.26 Å². The quantitative estimate of drug-likeness (QED) is 0.635. The molecule has 1 N–H and O–H groups in total. The molecule has 1 aliphatic heterocycles. The van der Waals surface area contributed by atoms with Crippen molar-refractivity contribution < 1.29 is 19.0 Å². The van der Waals surface area contributed by atoms with E-state index in [4.69, 9.17) is 19.5 Å². The number of ether oxygens (including phenoxy) is 3. The average molecular weight is 414 g/mol. The highest BCUT2D eigenvalue weighted by molar-refractivity contribution is 5.95. The van der Waals surface area contributed by atoms with Crippen LogP contribution >= 0.6 is 0 Å². The van der Waals surface area contributed by atoms with Gasteiger partial charge in [0.2, 0.25) is 5.91 Å². The predicted octanol–water partition coefficient (Wildman–Crippen LogP) is 4.65. The Morgan fingerprint density at radius 3 is 2.61 bits per heavy atom. The van der Waals surface area contributed by atoms with Crippen LogP contribution in [0.15, 0.2) is 66.7 Å². The summed E-state index contributed by atoms with van der Waals surface area (Å²) in [5, 5.41) is 11.9. The van der Waals surface area contributed by atoms with E-state index in [2.05, 4.69) is 11.4 Å². The van der Waals surface area contributed by atoms with Crippen molar-refractivity contribution in [2.75, 3.05) is 18.5 Å². The number of nitrogens with zero attached hydrogens (tertiary/aromatic N) is 1. The number of hydrogen-bond donors (Lipinski definition) is 1. The van der Waals surface area contributed by atoms with Crippen molar-refractivity contribution in [2.24, 2.45) is 0 Å². The van der Waals surface area contributed by atoms with Crippen LogP contribution in [-0.2, 0) is 11.4 Å². The fraction of sp³-hybridized carbons (Fsp3) is 0.200. The molecule has 1 atom stereocenters. The summed E-state index contributed by atoms with van der Waals surface area (Å²) in [5.41, 5.74) is 3.07. The van der Waals surface area contributed by atoms with Gasteiger partial charge in [0.25, 0.3) is 0 Å². The Bertz CT molecular complexity index is 1120. The lowest BCUT2D eigenvalue weighted by Gasteiger charge is -2.20. The van der Waals surface area contributed by atoms with Crippen LogP contribution in [0.25, 0.3) is 0 Å². The molecule has 0 aromatic heterocycles. The first kappa shape index (κ1) is 20.3. The van der Waals surface area contributed by atoms with E-state index in [0.29, 0.717) is 48.3 Å². The highest BCUT2D eigenvalue weighted by atomic mass is 16.6. The molecule has 1 aliphatic rings. The number of nitrogens with one attached hydrogen (secondary N) is 1. The number of nitriles is 1. The number of fused-ring (bicyclic) bond motifs is 1. The second-order valence-electron chi connectivity index (χ2n) is 7.24. The predicted molar refractivity (Wildman–Crippen MR) is 116 cm³/mol. The lowest BCUT2D eigenvalue weighted by Crippen LogP contribution is -2.20. The lowest BCUT2D eigenvalue weighted by molar-refractivity contribution is -0.117. The maximum Gasteiger partial charge on any atom is 0.231 e. The van der Waals surface area contributed by atoms with E-state index in [0.717, 1.165) is 11.1 Å². The van der Waals surface area contributed by atoms with Crippen molar-refractivity contribution in [3.8, 4) is 23.3 Å². The van der Waals surface area contributed by atoms with Gasteiger partial charge >= 0.3 is 0 Å². The molecule has 31 heavy (non-hydrogen) atoms. The Morgan fingerprint density at radius 1 is 1.06 bits per heavy atom. The molecule has 0 bridgehead atoms. The smallest absolute Gasteiger partial charge is 0.231 e. The van der Waals surface area contributed by atoms with Gasteiger partial charge in [0.05, 0.1) is 17.6 Å². The number of rotatable bonds is 6. The molecule has 4 rings (SSSR count). The summed E-state index contributed by atoms with van der Waals surface area (Å²) in [6.07, 6.45) is 0. The Labute approximate surface area is 181 Å². The van der Waals surface area contributed by atoms with Crippen LogP contribution in [0.5, 0.6) is 17.2 Å². The number of carbonyl (C=O) groups is 1. The van der Waals surface area contributed by atoms with Crippen molar-refractivity contribution in [3.63, 3.8) is 0 Å². The van der Waals surface area contributed by atoms with Gasteiger partial charge in [0, 0.05) is 5.69 Å². The molecular formula is C25H22N2O4. The summed E-state index contributed by atoms with van der Waals surface area (Å²) in [5.74, 6) is 1.60. The van der Waals surface area contributed by atoms with Gasteiger partial charge in [0.15, 0.2) is 11.5 Å². The largest absolute Gasteiger partial charge is 0.489 e.